The number of hydrogen-bond donors (Lipinski definition) is 4. The molecule has 4 N–H and O–H groups in total. The van der Waals surface area contributed by atoms with Gasteiger partial charge in [-0.05, 0) is 41.8 Å². The Morgan fingerprint density at radius 1 is 1.00 bits per heavy atom. The predicted molar refractivity (Wildman–Crippen MR) is 99.0 cm³/mol. The highest BCUT2D eigenvalue weighted by Gasteiger charge is 2.20. The number of ether oxygens (including phenoxy) is 2. The lowest BCUT2D eigenvalue weighted by Gasteiger charge is -2.19. The fourth-order valence-corrected chi connectivity index (χ4v) is 2.81. The monoisotopic (exact) mass is 360 g/mol. The molecule has 0 aliphatic carbocycles. The van der Waals surface area contributed by atoms with Crippen LogP contribution in [0.15, 0.2) is 36.4 Å². The first-order valence-electron chi connectivity index (χ1n) is 8.19. The third-order valence-corrected chi connectivity index (χ3v) is 4.15. The topological polar surface area (TPSA) is 99.4 Å². The number of methoxy groups -OCH3 is 2. The van der Waals surface area contributed by atoms with Gasteiger partial charge in [-0.25, -0.2) is 0 Å². The molecule has 0 fully saturated rings. The van der Waals surface area contributed by atoms with Crippen molar-refractivity contribution in [3.8, 4) is 23.0 Å². The number of rotatable bonds is 8. The molecule has 2 aromatic carbocycles. The average molecular weight is 360 g/mol. The van der Waals surface area contributed by atoms with Crippen LogP contribution in [0.1, 0.15) is 22.6 Å². The van der Waals surface area contributed by atoms with Gasteiger partial charge in [-0.3, -0.25) is 0 Å². The second kappa shape index (κ2) is 9.12. The number of hydrogen-bond acceptors (Lipinski definition) is 6. The van der Waals surface area contributed by atoms with E-state index in [1.807, 2.05) is 0 Å². The van der Waals surface area contributed by atoms with Gasteiger partial charge < -0.3 is 29.9 Å². The van der Waals surface area contributed by atoms with Gasteiger partial charge in [0.25, 0.3) is 0 Å². The van der Waals surface area contributed by atoms with Crippen molar-refractivity contribution < 1.29 is 29.9 Å². The molecule has 0 unspecified atom stereocenters. The zero-order valence-electron chi connectivity index (χ0n) is 14.8. The molecule has 0 bridgehead atoms. The van der Waals surface area contributed by atoms with Crippen molar-refractivity contribution in [2.45, 2.75) is 12.3 Å². The number of aliphatic hydroxyl groups excluding tert-OH is 2. The smallest absolute Gasteiger partial charge is 0.161 e. The molecule has 6 heteroatoms. The maximum atomic E-state index is 10.5. The van der Waals surface area contributed by atoms with Gasteiger partial charge in [-0.2, -0.15) is 0 Å². The van der Waals surface area contributed by atoms with E-state index in [1.54, 1.807) is 36.4 Å². The lowest BCUT2D eigenvalue weighted by Crippen LogP contribution is -2.09. The highest BCUT2D eigenvalue weighted by molar-refractivity contribution is 5.60. The van der Waals surface area contributed by atoms with Gasteiger partial charge in [0.05, 0.1) is 27.4 Å². The van der Waals surface area contributed by atoms with E-state index in [-0.39, 0.29) is 30.6 Å². The van der Waals surface area contributed by atoms with E-state index in [9.17, 15) is 15.3 Å². The van der Waals surface area contributed by atoms with Gasteiger partial charge in [0.1, 0.15) is 0 Å². The molecule has 1 atom stereocenters. The fourth-order valence-electron chi connectivity index (χ4n) is 2.81. The minimum absolute atomic E-state index is 0.0292. The van der Waals surface area contributed by atoms with Crippen molar-refractivity contribution in [1.82, 2.24) is 0 Å². The molecular formula is C20H24O6. The lowest BCUT2D eigenvalue weighted by atomic mass is 9.90. The molecule has 2 rings (SSSR count). The molecule has 0 saturated carbocycles. The normalized spacial score (nSPS) is 12.3. The fraction of sp³-hybridized carbons (Fsp3) is 0.300. The number of aliphatic hydroxyl groups is 2. The molecule has 0 spiro atoms. The molecule has 140 valence electrons. The number of phenolic OH excluding ortho intramolecular Hbond substituents is 2. The predicted octanol–water partition coefficient (Wildman–Crippen LogP) is 2.44. The Morgan fingerprint density at radius 3 is 2.35 bits per heavy atom. The van der Waals surface area contributed by atoms with Crippen LogP contribution in [0.2, 0.25) is 0 Å². The van der Waals surface area contributed by atoms with Crippen LogP contribution in [0.5, 0.6) is 23.0 Å². The number of benzene rings is 2. The third-order valence-electron chi connectivity index (χ3n) is 4.15. The molecule has 26 heavy (non-hydrogen) atoms. The maximum Gasteiger partial charge on any atom is 0.161 e. The summed E-state index contributed by atoms with van der Waals surface area (Å²) < 4.78 is 10.3. The Bertz CT molecular complexity index is 769. The molecule has 6 nitrogen and oxygen atoms in total. The number of aromatic hydroxyl groups is 2. The molecule has 0 radical (unpaired) electrons. The summed E-state index contributed by atoms with van der Waals surface area (Å²) in [4.78, 5) is 0. The molecule has 0 saturated heterocycles. The van der Waals surface area contributed by atoms with Gasteiger partial charge in [-0.15, -0.1) is 0 Å². The van der Waals surface area contributed by atoms with E-state index in [4.69, 9.17) is 14.6 Å². The van der Waals surface area contributed by atoms with Crippen LogP contribution >= 0.6 is 0 Å². The van der Waals surface area contributed by atoms with E-state index >= 15 is 0 Å². The van der Waals surface area contributed by atoms with E-state index in [1.165, 1.54) is 20.3 Å². The standard InChI is InChI=1S/C20H24O6/c1-25-18-10-14(5-6-17(18)23)8-15(12-22)16-9-13(4-3-7-21)11-19(26-2)20(16)24/h3-6,9-11,15,21-24H,7-8,12H2,1-2H3/b4-3+/t15-/m0/s1. The van der Waals surface area contributed by atoms with Crippen LogP contribution in [0.25, 0.3) is 6.08 Å². The van der Waals surface area contributed by atoms with Gasteiger partial charge in [0.15, 0.2) is 23.0 Å². The largest absolute Gasteiger partial charge is 0.504 e. The number of phenols is 2. The van der Waals surface area contributed by atoms with Crippen LogP contribution in [0, 0.1) is 0 Å². The Labute approximate surface area is 152 Å². The first kappa shape index (κ1) is 19.6. The molecule has 0 aromatic heterocycles. The van der Waals surface area contributed by atoms with Gasteiger partial charge >= 0.3 is 0 Å². The van der Waals surface area contributed by atoms with E-state index < -0.39 is 0 Å². The van der Waals surface area contributed by atoms with Crippen LogP contribution in [-0.2, 0) is 6.42 Å². The molecule has 0 heterocycles. The summed E-state index contributed by atoms with van der Waals surface area (Å²) in [5, 5.41) is 39.1. The first-order chi connectivity index (χ1) is 12.5. The SMILES string of the molecule is COc1cc(C[C@@H](CO)c2cc(/C=C/CO)cc(OC)c2O)ccc1O. The first-order valence-corrected chi connectivity index (χ1v) is 8.19. The van der Waals surface area contributed by atoms with Crippen molar-refractivity contribution in [1.29, 1.82) is 0 Å². The van der Waals surface area contributed by atoms with Gasteiger partial charge in [0, 0.05) is 11.5 Å². The van der Waals surface area contributed by atoms with Gasteiger partial charge in [0.2, 0.25) is 0 Å². The highest BCUT2D eigenvalue weighted by Crippen LogP contribution is 2.38. The molecule has 0 aliphatic rings. The summed E-state index contributed by atoms with van der Waals surface area (Å²) in [7, 11) is 2.92. The van der Waals surface area contributed by atoms with E-state index in [2.05, 4.69) is 0 Å². The van der Waals surface area contributed by atoms with Crippen LogP contribution in [0.3, 0.4) is 0 Å². The summed E-state index contributed by atoms with van der Waals surface area (Å²) in [6, 6.07) is 8.38. The van der Waals surface area contributed by atoms with Crippen LogP contribution in [-0.4, -0.2) is 47.9 Å². The Hall–Kier alpha value is -2.70. The Morgan fingerprint density at radius 2 is 1.73 bits per heavy atom. The van der Waals surface area contributed by atoms with Gasteiger partial charge in [-0.1, -0.05) is 18.2 Å². The zero-order chi connectivity index (χ0) is 19.1. The summed E-state index contributed by atoms with van der Waals surface area (Å²) >= 11 is 0. The zero-order valence-corrected chi connectivity index (χ0v) is 14.8. The second-order valence-electron chi connectivity index (χ2n) is 5.84. The van der Waals surface area contributed by atoms with Crippen molar-refractivity contribution in [2.24, 2.45) is 0 Å². The minimum atomic E-state index is -0.388. The summed E-state index contributed by atoms with van der Waals surface area (Å²) in [6.45, 7) is -0.289. The Kier molecular flexibility index (Phi) is 6.89. The summed E-state index contributed by atoms with van der Waals surface area (Å²) in [6.07, 6.45) is 3.72. The van der Waals surface area contributed by atoms with Crippen molar-refractivity contribution in [2.75, 3.05) is 27.4 Å². The third kappa shape index (κ3) is 4.47. The Balaban J connectivity index is 2.41. The summed E-state index contributed by atoms with van der Waals surface area (Å²) in [5.74, 6) is 0.263. The molecule has 0 aliphatic heterocycles. The molecular weight excluding hydrogens is 336 g/mol. The van der Waals surface area contributed by atoms with E-state index in [0.29, 0.717) is 23.5 Å². The summed E-state index contributed by atoms with van der Waals surface area (Å²) in [5.41, 5.74) is 2.12. The maximum absolute atomic E-state index is 10.5. The molecule has 0 amide bonds. The van der Waals surface area contributed by atoms with Crippen molar-refractivity contribution in [3.63, 3.8) is 0 Å². The van der Waals surface area contributed by atoms with Crippen LogP contribution < -0.4 is 9.47 Å². The van der Waals surface area contributed by atoms with E-state index in [0.717, 1.165) is 11.1 Å². The van der Waals surface area contributed by atoms with Crippen molar-refractivity contribution >= 4 is 6.08 Å². The second-order valence-corrected chi connectivity index (χ2v) is 5.84. The van der Waals surface area contributed by atoms with Crippen molar-refractivity contribution in [3.05, 3.63) is 53.1 Å². The highest BCUT2D eigenvalue weighted by atomic mass is 16.5. The quantitative estimate of drug-likeness (QED) is 0.577. The average Bonchev–Trinajstić information content (AvgIpc) is 2.66. The lowest BCUT2D eigenvalue weighted by molar-refractivity contribution is 0.260. The van der Waals surface area contributed by atoms with Crippen LogP contribution in [0.4, 0.5) is 0 Å². The molecule has 2 aromatic rings. The minimum Gasteiger partial charge on any atom is -0.504 e.